The summed E-state index contributed by atoms with van der Waals surface area (Å²) in [6.07, 6.45) is 0. The highest BCUT2D eigenvalue weighted by atomic mass is 35.5. The van der Waals surface area contributed by atoms with Crippen molar-refractivity contribution in [2.75, 3.05) is 19.0 Å². The molecule has 0 aliphatic carbocycles. The topological polar surface area (TPSA) is 79.5 Å². The maximum Gasteiger partial charge on any atom is 0.315 e. The van der Waals surface area contributed by atoms with Gasteiger partial charge in [0.1, 0.15) is 5.75 Å². The van der Waals surface area contributed by atoms with Gasteiger partial charge in [0, 0.05) is 17.1 Å². The minimum Gasteiger partial charge on any atom is -0.495 e. The molecule has 0 bridgehead atoms. The second-order valence-electron chi connectivity index (χ2n) is 4.83. The SMILES string of the molecule is COc1cc(Cl)c(C)cc1NC(=O)CNC(=O)NC(C)C. The molecule has 0 aromatic heterocycles. The van der Waals surface area contributed by atoms with Crippen molar-refractivity contribution in [2.45, 2.75) is 26.8 Å². The maximum atomic E-state index is 11.8. The number of carbonyl (C=O) groups excluding carboxylic acids is 2. The van der Waals surface area contributed by atoms with Gasteiger partial charge in [0.25, 0.3) is 0 Å². The molecular weight excluding hydrogens is 294 g/mol. The number of amides is 3. The van der Waals surface area contributed by atoms with Gasteiger partial charge in [-0.25, -0.2) is 4.79 Å². The lowest BCUT2D eigenvalue weighted by molar-refractivity contribution is -0.115. The summed E-state index contributed by atoms with van der Waals surface area (Å²) >= 11 is 5.99. The summed E-state index contributed by atoms with van der Waals surface area (Å²) in [4.78, 5) is 23.2. The monoisotopic (exact) mass is 313 g/mol. The zero-order valence-corrected chi connectivity index (χ0v) is 13.3. The molecule has 3 N–H and O–H groups in total. The number of methoxy groups -OCH3 is 1. The average molecular weight is 314 g/mol. The molecule has 0 spiro atoms. The fourth-order valence-electron chi connectivity index (χ4n) is 1.60. The summed E-state index contributed by atoms with van der Waals surface area (Å²) < 4.78 is 5.16. The van der Waals surface area contributed by atoms with Crippen LogP contribution in [0.2, 0.25) is 5.02 Å². The van der Waals surface area contributed by atoms with E-state index in [1.165, 1.54) is 7.11 Å². The molecule has 0 unspecified atom stereocenters. The fraction of sp³-hybridized carbons (Fsp3) is 0.429. The van der Waals surface area contributed by atoms with Crippen LogP contribution in [0.1, 0.15) is 19.4 Å². The van der Waals surface area contributed by atoms with Crippen LogP contribution in [0.5, 0.6) is 5.75 Å². The molecule has 0 aliphatic rings. The van der Waals surface area contributed by atoms with E-state index in [0.717, 1.165) is 5.56 Å². The molecule has 21 heavy (non-hydrogen) atoms. The standard InChI is InChI=1S/C14H20ClN3O3/c1-8(2)17-14(20)16-7-13(19)18-11-5-9(3)10(15)6-12(11)21-4/h5-6,8H,7H2,1-4H3,(H,18,19)(H2,16,17,20). The van der Waals surface area contributed by atoms with E-state index in [-0.39, 0.29) is 24.5 Å². The van der Waals surface area contributed by atoms with Gasteiger partial charge in [-0.3, -0.25) is 4.79 Å². The number of aryl methyl sites for hydroxylation is 1. The lowest BCUT2D eigenvalue weighted by Gasteiger charge is -2.13. The van der Waals surface area contributed by atoms with Gasteiger partial charge in [0.15, 0.2) is 0 Å². The second kappa shape index (κ2) is 7.73. The van der Waals surface area contributed by atoms with Gasteiger partial charge in [-0.05, 0) is 32.4 Å². The van der Waals surface area contributed by atoms with Crippen LogP contribution in [0.15, 0.2) is 12.1 Å². The number of hydrogen-bond donors (Lipinski definition) is 3. The molecule has 7 heteroatoms. The highest BCUT2D eigenvalue weighted by Gasteiger charge is 2.11. The molecule has 1 rings (SSSR count). The van der Waals surface area contributed by atoms with Crippen LogP contribution in [-0.4, -0.2) is 31.6 Å². The molecule has 0 saturated carbocycles. The third-order valence-electron chi connectivity index (χ3n) is 2.58. The Hall–Kier alpha value is -1.95. The van der Waals surface area contributed by atoms with Crippen molar-refractivity contribution >= 4 is 29.2 Å². The number of rotatable bonds is 5. The molecular formula is C14H20ClN3O3. The number of ether oxygens (including phenoxy) is 1. The third kappa shape index (κ3) is 5.51. The Morgan fingerprint density at radius 1 is 1.33 bits per heavy atom. The zero-order chi connectivity index (χ0) is 16.0. The van der Waals surface area contributed by atoms with Gasteiger partial charge < -0.3 is 20.7 Å². The number of nitrogens with one attached hydrogen (secondary N) is 3. The molecule has 116 valence electrons. The van der Waals surface area contributed by atoms with Crippen LogP contribution in [-0.2, 0) is 4.79 Å². The van der Waals surface area contributed by atoms with E-state index in [4.69, 9.17) is 16.3 Å². The lowest BCUT2D eigenvalue weighted by Crippen LogP contribution is -2.42. The summed E-state index contributed by atoms with van der Waals surface area (Å²) in [5, 5.41) is 8.33. The Kier molecular flexibility index (Phi) is 6.30. The fourth-order valence-corrected chi connectivity index (χ4v) is 1.75. The van der Waals surface area contributed by atoms with Gasteiger partial charge in [-0.1, -0.05) is 11.6 Å². The molecule has 0 saturated heterocycles. The maximum absolute atomic E-state index is 11.8. The summed E-state index contributed by atoms with van der Waals surface area (Å²) in [6.45, 7) is 5.36. The molecule has 0 radical (unpaired) electrons. The lowest BCUT2D eigenvalue weighted by atomic mass is 10.2. The van der Waals surface area contributed by atoms with Crippen LogP contribution in [0, 0.1) is 6.92 Å². The van der Waals surface area contributed by atoms with Gasteiger partial charge in [-0.2, -0.15) is 0 Å². The Morgan fingerprint density at radius 3 is 2.57 bits per heavy atom. The molecule has 0 aliphatic heterocycles. The molecule has 3 amide bonds. The normalized spacial score (nSPS) is 10.2. The summed E-state index contributed by atoms with van der Waals surface area (Å²) in [6, 6.07) is 2.96. The molecule has 1 aromatic rings. The van der Waals surface area contributed by atoms with E-state index in [0.29, 0.717) is 16.5 Å². The number of hydrogen-bond acceptors (Lipinski definition) is 3. The van der Waals surface area contributed by atoms with Crippen LogP contribution >= 0.6 is 11.6 Å². The van der Waals surface area contributed by atoms with Crippen molar-refractivity contribution in [3.8, 4) is 5.75 Å². The van der Waals surface area contributed by atoms with Crippen molar-refractivity contribution in [1.29, 1.82) is 0 Å². The van der Waals surface area contributed by atoms with E-state index in [1.54, 1.807) is 12.1 Å². The van der Waals surface area contributed by atoms with Crippen LogP contribution in [0.3, 0.4) is 0 Å². The van der Waals surface area contributed by atoms with Crippen LogP contribution < -0.4 is 20.7 Å². The first-order chi connectivity index (χ1) is 9.83. The summed E-state index contributed by atoms with van der Waals surface area (Å²) in [5.41, 5.74) is 1.33. The number of carbonyl (C=O) groups is 2. The molecule has 0 atom stereocenters. The first-order valence-electron chi connectivity index (χ1n) is 6.51. The molecule has 6 nitrogen and oxygen atoms in total. The van der Waals surface area contributed by atoms with E-state index < -0.39 is 0 Å². The van der Waals surface area contributed by atoms with E-state index >= 15 is 0 Å². The Morgan fingerprint density at radius 2 is 2.00 bits per heavy atom. The molecule has 1 aromatic carbocycles. The van der Waals surface area contributed by atoms with Crippen molar-refractivity contribution in [2.24, 2.45) is 0 Å². The van der Waals surface area contributed by atoms with Crippen molar-refractivity contribution in [3.63, 3.8) is 0 Å². The van der Waals surface area contributed by atoms with Crippen molar-refractivity contribution in [1.82, 2.24) is 10.6 Å². The van der Waals surface area contributed by atoms with Crippen molar-refractivity contribution < 1.29 is 14.3 Å². The number of benzene rings is 1. The predicted molar refractivity (Wildman–Crippen MR) is 83.0 cm³/mol. The van der Waals surface area contributed by atoms with Gasteiger partial charge >= 0.3 is 6.03 Å². The number of halogens is 1. The second-order valence-corrected chi connectivity index (χ2v) is 5.24. The average Bonchev–Trinajstić information content (AvgIpc) is 2.39. The van der Waals surface area contributed by atoms with Gasteiger partial charge in [0.2, 0.25) is 5.91 Å². The minimum absolute atomic E-state index is 0.00655. The van der Waals surface area contributed by atoms with Crippen LogP contribution in [0.4, 0.5) is 10.5 Å². The van der Waals surface area contributed by atoms with Crippen molar-refractivity contribution in [3.05, 3.63) is 22.7 Å². The molecule has 0 fully saturated rings. The Balaban J connectivity index is 2.63. The zero-order valence-electron chi connectivity index (χ0n) is 12.5. The van der Waals surface area contributed by atoms with E-state index in [1.807, 2.05) is 20.8 Å². The Labute approximate surface area is 129 Å². The van der Waals surface area contributed by atoms with E-state index in [9.17, 15) is 9.59 Å². The number of urea groups is 1. The highest BCUT2D eigenvalue weighted by Crippen LogP contribution is 2.30. The number of anilines is 1. The largest absolute Gasteiger partial charge is 0.495 e. The van der Waals surface area contributed by atoms with Gasteiger partial charge in [0.05, 0.1) is 19.3 Å². The molecule has 0 heterocycles. The van der Waals surface area contributed by atoms with Crippen LogP contribution in [0.25, 0.3) is 0 Å². The highest BCUT2D eigenvalue weighted by molar-refractivity contribution is 6.31. The minimum atomic E-state index is -0.389. The first-order valence-corrected chi connectivity index (χ1v) is 6.89. The smallest absolute Gasteiger partial charge is 0.315 e. The first kappa shape index (κ1) is 17.1. The van der Waals surface area contributed by atoms with Gasteiger partial charge in [-0.15, -0.1) is 0 Å². The quantitative estimate of drug-likeness (QED) is 0.780. The third-order valence-corrected chi connectivity index (χ3v) is 2.99. The van der Waals surface area contributed by atoms with E-state index in [2.05, 4.69) is 16.0 Å². The Bertz CT molecular complexity index is 532. The summed E-state index contributed by atoms with van der Waals surface area (Å²) in [5.74, 6) is 0.111. The predicted octanol–water partition coefficient (Wildman–Crippen LogP) is 2.30. The summed E-state index contributed by atoms with van der Waals surface area (Å²) in [7, 11) is 1.49.